The summed E-state index contributed by atoms with van der Waals surface area (Å²) in [5.74, 6) is 0.0573. The van der Waals surface area contributed by atoms with E-state index in [0.29, 0.717) is 16.6 Å². The molecule has 0 bridgehead atoms. The van der Waals surface area contributed by atoms with Gasteiger partial charge in [0.25, 0.3) is 0 Å². The molecule has 30 heavy (non-hydrogen) atoms. The Balaban J connectivity index is 1.57. The molecule has 0 aliphatic carbocycles. The van der Waals surface area contributed by atoms with Crippen LogP contribution >= 0.6 is 23.4 Å². The van der Waals surface area contributed by atoms with Gasteiger partial charge in [0, 0.05) is 11.6 Å². The number of amides is 1. The molecule has 9 heteroatoms. The van der Waals surface area contributed by atoms with Gasteiger partial charge in [0.05, 0.1) is 39.9 Å². The average Bonchev–Trinajstić information content (AvgIpc) is 3.30. The number of hydrogen-bond donors (Lipinski definition) is 1. The molecule has 1 aliphatic rings. The van der Waals surface area contributed by atoms with E-state index in [2.05, 4.69) is 10.3 Å². The normalized spacial score (nSPS) is 17.7. The van der Waals surface area contributed by atoms with Crippen LogP contribution in [0, 0.1) is 0 Å². The van der Waals surface area contributed by atoms with E-state index in [9.17, 15) is 13.2 Å². The van der Waals surface area contributed by atoms with Gasteiger partial charge in [0.2, 0.25) is 5.91 Å². The first-order chi connectivity index (χ1) is 14.4. The first-order valence-electron chi connectivity index (χ1n) is 9.43. The lowest BCUT2D eigenvalue weighted by atomic mass is 10.1. The average molecular weight is 462 g/mol. The van der Waals surface area contributed by atoms with Crippen LogP contribution in [0.4, 0.5) is 0 Å². The van der Waals surface area contributed by atoms with Gasteiger partial charge in [-0.2, -0.15) is 0 Å². The molecule has 1 amide bonds. The summed E-state index contributed by atoms with van der Waals surface area (Å²) in [5, 5.41) is 4.03. The Hall–Kier alpha value is -2.29. The minimum absolute atomic E-state index is 0.00973. The third kappa shape index (κ3) is 4.71. The monoisotopic (exact) mass is 461 g/mol. The van der Waals surface area contributed by atoms with Crippen LogP contribution in [0.3, 0.4) is 0 Å². The maximum Gasteiger partial charge on any atom is 0.230 e. The highest BCUT2D eigenvalue weighted by Crippen LogP contribution is 2.32. The Morgan fingerprint density at radius 2 is 1.90 bits per heavy atom. The fourth-order valence-electron chi connectivity index (χ4n) is 3.42. The Bertz CT molecular complexity index is 1160. The van der Waals surface area contributed by atoms with E-state index < -0.39 is 9.84 Å². The number of aromatic nitrogens is 2. The zero-order chi connectivity index (χ0) is 21.1. The third-order valence-electron chi connectivity index (χ3n) is 4.82. The zero-order valence-electron chi connectivity index (χ0n) is 16.0. The van der Waals surface area contributed by atoms with Crippen LogP contribution in [0.1, 0.15) is 6.42 Å². The Morgan fingerprint density at radius 3 is 2.60 bits per heavy atom. The molecule has 4 rings (SSSR count). The van der Waals surface area contributed by atoms with Crippen molar-refractivity contribution in [2.75, 3.05) is 17.3 Å². The predicted octanol–water partition coefficient (Wildman–Crippen LogP) is 3.59. The number of carbonyl (C=O) groups excluding carboxylic acids is 1. The molecule has 1 aromatic heterocycles. The standard InChI is InChI=1S/C21H20ClN3O3S2/c22-17-8-4-5-9-18(17)25-19(15-6-2-1-3-7-15)12-23-21(25)29-13-20(26)24-16-10-11-30(27,28)14-16/h1-9,12,16H,10-11,13-14H2,(H,24,26). The van der Waals surface area contributed by atoms with Gasteiger partial charge >= 0.3 is 0 Å². The van der Waals surface area contributed by atoms with Crippen molar-refractivity contribution in [1.29, 1.82) is 0 Å². The lowest BCUT2D eigenvalue weighted by Gasteiger charge is -2.14. The highest BCUT2D eigenvalue weighted by molar-refractivity contribution is 7.99. The largest absolute Gasteiger partial charge is 0.352 e. The van der Waals surface area contributed by atoms with Crippen LogP contribution in [0.5, 0.6) is 0 Å². The Morgan fingerprint density at radius 1 is 1.17 bits per heavy atom. The molecule has 1 N–H and O–H groups in total. The van der Waals surface area contributed by atoms with E-state index in [1.54, 1.807) is 6.20 Å². The lowest BCUT2D eigenvalue weighted by Crippen LogP contribution is -2.36. The lowest BCUT2D eigenvalue weighted by molar-refractivity contribution is -0.119. The summed E-state index contributed by atoms with van der Waals surface area (Å²) in [4.78, 5) is 16.9. The summed E-state index contributed by atoms with van der Waals surface area (Å²) in [6.07, 6.45) is 2.23. The smallest absolute Gasteiger partial charge is 0.230 e. The zero-order valence-corrected chi connectivity index (χ0v) is 18.4. The van der Waals surface area contributed by atoms with Gasteiger partial charge in [-0.05, 0) is 18.6 Å². The van der Waals surface area contributed by atoms with Crippen molar-refractivity contribution in [3.05, 3.63) is 65.8 Å². The molecular formula is C21H20ClN3O3S2. The molecule has 1 aliphatic heterocycles. The molecule has 0 radical (unpaired) electrons. The minimum atomic E-state index is -3.04. The fourth-order valence-corrected chi connectivity index (χ4v) is 6.11. The number of sulfone groups is 1. The number of nitrogens with zero attached hydrogens (tertiary/aromatic N) is 2. The van der Waals surface area contributed by atoms with Gasteiger partial charge < -0.3 is 5.32 Å². The molecule has 1 saturated heterocycles. The summed E-state index contributed by atoms with van der Waals surface area (Å²) >= 11 is 7.75. The van der Waals surface area contributed by atoms with Crippen LogP contribution in [-0.2, 0) is 14.6 Å². The molecule has 2 heterocycles. The summed E-state index contributed by atoms with van der Waals surface area (Å²) in [7, 11) is -3.04. The predicted molar refractivity (Wildman–Crippen MR) is 120 cm³/mol. The van der Waals surface area contributed by atoms with Crippen LogP contribution in [-0.4, -0.2) is 47.2 Å². The second kappa shape index (κ2) is 8.83. The van der Waals surface area contributed by atoms with E-state index in [4.69, 9.17) is 11.6 Å². The first-order valence-corrected chi connectivity index (χ1v) is 12.6. The molecule has 1 atom stereocenters. The van der Waals surface area contributed by atoms with Crippen molar-refractivity contribution >= 4 is 39.1 Å². The number of rotatable bonds is 6. The highest BCUT2D eigenvalue weighted by Gasteiger charge is 2.29. The first kappa shape index (κ1) is 21.0. The molecule has 6 nitrogen and oxygen atoms in total. The van der Waals surface area contributed by atoms with E-state index in [0.717, 1.165) is 16.9 Å². The minimum Gasteiger partial charge on any atom is -0.352 e. The van der Waals surface area contributed by atoms with Crippen LogP contribution < -0.4 is 5.32 Å². The number of hydrogen-bond acceptors (Lipinski definition) is 5. The van der Waals surface area contributed by atoms with Crippen molar-refractivity contribution in [2.45, 2.75) is 17.6 Å². The second-order valence-electron chi connectivity index (χ2n) is 7.04. The molecule has 1 fully saturated rings. The summed E-state index contributed by atoms with van der Waals surface area (Å²) in [6, 6.07) is 17.0. The topological polar surface area (TPSA) is 81.1 Å². The third-order valence-corrected chi connectivity index (χ3v) is 7.86. The number of halogens is 1. The molecule has 0 spiro atoms. The molecule has 156 valence electrons. The summed E-state index contributed by atoms with van der Waals surface area (Å²) in [5.41, 5.74) is 2.63. The number of carbonyl (C=O) groups is 1. The highest BCUT2D eigenvalue weighted by atomic mass is 35.5. The number of nitrogens with one attached hydrogen (secondary N) is 1. The number of para-hydroxylation sites is 1. The van der Waals surface area contributed by atoms with Crippen LogP contribution in [0.25, 0.3) is 16.9 Å². The second-order valence-corrected chi connectivity index (χ2v) is 10.6. The molecule has 3 aromatic rings. The summed E-state index contributed by atoms with van der Waals surface area (Å²) < 4.78 is 25.1. The van der Waals surface area contributed by atoms with Gasteiger partial charge in [-0.15, -0.1) is 0 Å². The summed E-state index contributed by atoms with van der Waals surface area (Å²) in [6.45, 7) is 0. The van der Waals surface area contributed by atoms with E-state index >= 15 is 0 Å². The number of imidazole rings is 1. The molecular weight excluding hydrogens is 442 g/mol. The van der Waals surface area contributed by atoms with Gasteiger partial charge in [0.1, 0.15) is 0 Å². The van der Waals surface area contributed by atoms with Gasteiger partial charge in [0.15, 0.2) is 15.0 Å². The van der Waals surface area contributed by atoms with Crippen molar-refractivity contribution in [1.82, 2.24) is 14.9 Å². The van der Waals surface area contributed by atoms with Crippen LogP contribution in [0.2, 0.25) is 5.02 Å². The number of thioether (sulfide) groups is 1. The Kier molecular flexibility index (Phi) is 6.17. The SMILES string of the molecule is O=C(CSc1ncc(-c2ccccc2)n1-c1ccccc1Cl)NC1CCS(=O)(=O)C1. The van der Waals surface area contributed by atoms with Gasteiger partial charge in [-0.3, -0.25) is 9.36 Å². The molecule has 1 unspecified atom stereocenters. The van der Waals surface area contributed by atoms with Crippen molar-refractivity contribution in [2.24, 2.45) is 0 Å². The van der Waals surface area contributed by atoms with E-state index in [1.165, 1.54) is 11.8 Å². The number of benzene rings is 2. The van der Waals surface area contributed by atoms with E-state index in [-0.39, 0.29) is 29.2 Å². The molecule has 2 aromatic carbocycles. The fraction of sp³-hybridized carbons (Fsp3) is 0.238. The van der Waals surface area contributed by atoms with Crippen LogP contribution in [0.15, 0.2) is 66.0 Å². The maximum atomic E-state index is 12.4. The van der Waals surface area contributed by atoms with Gasteiger partial charge in [-0.1, -0.05) is 65.8 Å². The van der Waals surface area contributed by atoms with Crippen molar-refractivity contribution in [3.8, 4) is 16.9 Å². The van der Waals surface area contributed by atoms with Crippen molar-refractivity contribution in [3.63, 3.8) is 0 Å². The van der Waals surface area contributed by atoms with Gasteiger partial charge in [-0.25, -0.2) is 13.4 Å². The quantitative estimate of drug-likeness (QED) is 0.567. The van der Waals surface area contributed by atoms with Crippen molar-refractivity contribution < 1.29 is 13.2 Å². The maximum absolute atomic E-state index is 12.4. The Labute approximate surface area is 184 Å². The van der Waals surface area contributed by atoms with E-state index in [1.807, 2.05) is 59.2 Å². The molecule has 0 saturated carbocycles.